The van der Waals surface area contributed by atoms with Gasteiger partial charge in [0.1, 0.15) is 12.4 Å². The number of carbonyl (C=O) groups is 2. The van der Waals surface area contributed by atoms with Crippen LogP contribution in [0.4, 0.5) is 4.39 Å². The zero-order chi connectivity index (χ0) is 27.3. The van der Waals surface area contributed by atoms with E-state index in [2.05, 4.69) is 10.0 Å². The van der Waals surface area contributed by atoms with Gasteiger partial charge < -0.3 is 9.64 Å². The van der Waals surface area contributed by atoms with Gasteiger partial charge in [-0.2, -0.15) is 5.10 Å². The number of amides is 2. The van der Waals surface area contributed by atoms with Gasteiger partial charge in [0, 0.05) is 55.2 Å². The van der Waals surface area contributed by atoms with Crippen LogP contribution < -0.4 is 0 Å². The lowest BCUT2D eigenvalue weighted by atomic mass is 9.91. The molecule has 0 spiro atoms. The Morgan fingerprint density at radius 1 is 1.11 bits per heavy atom. The second kappa shape index (κ2) is 12.4. The molecular formula is C29H36ClFN4O3. The van der Waals surface area contributed by atoms with Gasteiger partial charge in [0.05, 0.1) is 25.0 Å². The van der Waals surface area contributed by atoms with Crippen molar-refractivity contribution in [1.29, 1.82) is 0 Å². The topological polar surface area (TPSA) is 65.5 Å². The van der Waals surface area contributed by atoms with Gasteiger partial charge in [0.15, 0.2) is 0 Å². The maximum atomic E-state index is 14.9. The summed E-state index contributed by atoms with van der Waals surface area (Å²) in [7, 11) is 0. The summed E-state index contributed by atoms with van der Waals surface area (Å²) in [6.45, 7) is 9.84. The van der Waals surface area contributed by atoms with E-state index >= 15 is 0 Å². The van der Waals surface area contributed by atoms with Crippen LogP contribution in [0.1, 0.15) is 50.8 Å². The van der Waals surface area contributed by atoms with Crippen LogP contribution >= 0.6 is 11.6 Å². The number of hydrogen-bond donors (Lipinski definition) is 0. The van der Waals surface area contributed by atoms with Gasteiger partial charge in [0.2, 0.25) is 5.91 Å². The Kier molecular flexibility index (Phi) is 9.18. The largest absolute Gasteiger partial charge is 0.379 e. The number of carbonyl (C=O) groups excluding carboxylic acids is 2. The van der Waals surface area contributed by atoms with Crippen LogP contribution in [-0.4, -0.2) is 78.3 Å². The highest BCUT2D eigenvalue weighted by Crippen LogP contribution is 2.35. The SMILES string of the molecule is CC(C)(C)CC(=O)N(CCN1CCOCC1)CC(=O)N1N=C(c2ccccc2Cl)C[C@H]1c1ccccc1F. The zero-order valence-electron chi connectivity index (χ0n) is 22.3. The van der Waals surface area contributed by atoms with E-state index in [0.717, 1.165) is 13.1 Å². The third-order valence-corrected chi connectivity index (χ3v) is 7.09. The summed E-state index contributed by atoms with van der Waals surface area (Å²) in [5.41, 5.74) is 1.47. The fraction of sp³-hybridized carbons (Fsp3) is 0.483. The first-order chi connectivity index (χ1) is 18.1. The minimum atomic E-state index is -0.631. The highest BCUT2D eigenvalue weighted by atomic mass is 35.5. The summed E-state index contributed by atoms with van der Waals surface area (Å²) in [5.74, 6) is -0.848. The molecule has 0 aromatic heterocycles. The Labute approximate surface area is 229 Å². The van der Waals surface area contributed by atoms with Crippen LogP contribution in [-0.2, 0) is 14.3 Å². The lowest BCUT2D eigenvalue weighted by Crippen LogP contribution is -2.47. The van der Waals surface area contributed by atoms with Crippen LogP contribution in [0.5, 0.6) is 0 Å². The molecule has 38 heavy (non-hydrogen) atoms. The maximum Gasteiger partial charge on any atom is 0.262 e. The highest BCUT2D eigenvalue weighted by Gasteiger charge is 2.36. The van der Waals surface area contributed by atoms with Crippen molar-refractivity contribution in [2.75, 3.05) is 45.9 Å². The maximum absolute atomic E-state index is 14.9. The average molecular weight is 543 g/mol. The molecule has 1 atom stereocenters. The summed E-state index contributed by atoms with van der Waals surface area (Å²) in [6.07, 6.45) is 0.633. The van der Waals surface area contributed by atoms with Gasteiger partial charge in [-0.15, -0.1) is 0 Å². The molecule has 0 unspecified atom stereocenters. The zero-order valence-corrected chi connectivity index (χ0v) is 23.1. The molecule has 2 heterocycles. The third kappa shape index (κ3) is 7.18. The fourth-order valence-electron chi connectivity index (χ4n) is 4.77. The Bertz CT molecular complexity index is 1180. The molecule has 1 fully saturated rings. The van der Waals surface area contributed by atoms with Crippen LogP contribution in [0.15, 0.2) is 53.6 Å². The van der Waals surface area contributed by atoms with Gasteiger partial charge in [0.25, 0.3) is 5.91 Å². The van der Waals surface area contributed by atoms with E-state index in [0.29, 0.717) is 61.0 Å². The molecule has 204 valence electrons. The molecule has 0 saturated carbocycles. The number of halogens is 2. The number of nitrogens with zero attached hydrogens (tertiary/aromatic N) is 4. The molecule has 2 amide bonds. The highest BCUT2D eigenvalue weighted by molar-refractivity contribution is 6.34. The molecule has 0 radical (unpaired) electrons. The Morgan fingerprint density at radius 3 is 2.47 bits per heavy atom. The summed E-state index contributed by atoms with van der Waals surface area (Å²) >= 11 is 6.43. The van der Waals surface area contributed by atoms with Crippen molar-refractivity contribution in [3.8, 4) is 0 Å². The second-order valence-electron chi connectivity index (χ2n) is 11.0. The molecule has 9 heteroatoms. The summed E-state index contributed by atoms with van der Waals surface area (Å²) in [6, 6.07) is 13.1. The van der Waals surface area contributed by atoms with Crippen LogP contribution in [0, 0.1) is 11.2 Å². The van der Waals surface area contributed by atoms with Crippen molar-refractivity contribution in [3.63, 3.8) is 0 Å². The smallest absolute Gasteiger partial charge is 0.262 e. The first kappa shape index (κ1) is 28.2. The molecule has 1 saturated heterocycles. The van der Waals surface area contributed by atoms with Crippen LogP contribution in [0.2, 0.25) is 5.02 Å². The summed E-state index contributed by atoms with van der Waals surface area (Å²) in [5, 5.41) is 6.49. The van der Waals surface area contributed by atoms with Gasteiger partial charge in [-0.05, 0) is 17.5 Å². The van der Waals surface area contributed by atoms with Gasteiger partial charge in [-0.3, -0.25) is 14.5 Å². The van der Waals surface area contributed by atoms with E-state index in [1.807, 2.05) is 39.0 Å². The van der Waals surface area contributed by atoms with Gasteiger partial charge >= 0.3 is 0 Å². The molecule has 2 aromatic rings. The molecule has 0 N–H and O–H groups in total. The molecule has 0 bridgehead atoms. The van der Waals surface area contributed by atoms with Gasteiger partial charge in [-0.1, -0.05) is 68.8 Å². The van der Waals surface area contributed by atoms with E-state index in [1.165, 1.54) is 11.1 Å². The molecule has 2 aliphatic heterocycles. The molecule has 0 aliphatic carbocycles. The van der Waals surface area contributed by atoms with Crippen molar-refractivity contribution in [2.24, 2.45) is 10.5 Å². The Hall–Kier alpha value is -2.81. The number of rotatable bonds is 8. The Balaban J connectivity index is 1.59. The molecule has 7 nitrogen and oxygen atoms in total. The number of ether oxygens (including phenoxy) is 1. The van der Waals surface area contributed by atoms with E-state index in [1.54, 1.807) is 29.2 Å². The second-order valence-corrected chi connectivity index (χ2v) is 11.4. The van der Waals surface area contributed by atoms with Gasteiger partial charge in [-0.25, -0.2) is 9.40 Å². The third-order valence-electron chi connectivity index (χ3n) is 6.77. The monoisotopic (exact) mass is 542 g/mol. The van der Waals surface area contributed by atoms with Crippen LogP contribution in [0.3, 0.4) is 0 Å². The van der Waals surface area contributed by atoms with Crippen LogP contribution in [0.25, 0.3) is 0 Å². The van der Waals surface area contributed by atoms with Crippen molar-refractivity contribution in [1.82, 2.24) is 14.8 Å². The first-order valence-corrected chi connectivity index (χ1v) is 13.5. The molecule has 4 rings (SSSR count). The predicted octanol–water partition coefficient (Wildman–Crippen LogP) is 4.75. The standard InChI is InChI=1S/C29H36ClFN4O3/c1-29(2,3)19-27(36)34(13-12-33-14-16-38-17-15-33)20-28(37)35-26(22-9-5-7-11-24(22)31)18-25(32-35)21-8-4-6-10-23(21)30/h4-11,26H,12-20H2,1-3H3/t26-/m0/s1. The van der Waals surface area contributed by atoms with E-state index in [9.17, 15) is 14.0 Å². The molecule has 2 aromatic carbocycles. The Morgan fingerprint density at radius 2 is 1.79 bits per heavy atom. The van der Waals surface area contributed by atoms with Crippen molar-refractivity contribution in [3.05, 3.63) is 70.5 Å². The quantitative estimate of drug-likeness (QED) is 0.483. The number of hydrogen-bond acceptors (Lipinski definition) is 5. The van der Waals surface area contributed by atoms with Crippen molar-refractivity contribution < 1.29 is 18.7 Å². The lowest BCUT2D eigenvalue weighted by Gasteiger charge is -2.32. The van der Waals surface area contributed by atoms with E-state index < -0.39 is 11.9 Å². The normalized spacial score (nSPS) is 18.4. The average Bonchev–Trinajstić information content (AvgIpc) is 3.31. The number of benzene rings is 2. The molecule has 2 aliphatic rings. The molecular weight excluding hydrogens is 507 g/mol. The predicted molar refractivity (Wildman–Crippen MR) is 147 cm³/mol. The van der Waals surface area contributed by atoms with Crippen molar-refractivity contribution in [2.45, 2.75) is 39.7 Å². The fourth-order valence-corrected chi connectivity index (χ4v) is 5.01. The van der Waals surface area contributed by atoms with E-state index in [4.69, 9.17) is 16.3 Å². The summed E-state index contributed by atoms with van der Waals surface area (Å²) in [4.78, 5) is 30.9. The minimum Gasteiger partial charge on any atom is -0.379 e. The number of morpholine rings is 1. The first-order valence-electron chi connectivity index (χ1n) is 13.1. The summed E-state index contributed by atoms with van der Waals surface area (Å²) < 4.78 is 20.3. The number of hydrazone groups is 1. The van der Waals surface area contributed by atoms with E-state index in [-0.39, 0.29) is 23.8 Å². The van der Waals surface area contributed by atoms with Crippen molar-refractivity contribution >= 4 is 29.1 Å². The lowest BCUT2D eigenvalue weighted by molar-refractivity contribution is -0.142. The minimum absolute atomic E-state index is 0.0870.